The number of amides is 1. The number of primary amides is 1. The van der Waals surface area contributed by atoms with Crippen LogP contribution in [0.1, 0.15) is 36.8 Å². The highest BCUT2D eigenvalue weighted by Gasteiger charge is 2.52. The second kappa shape index (κ2) is 5.47. The molecule has 2 bridgehead atoms. The van der Waals surface area contributed by atoms with Crippen LogP contribution in [0.25, 0.3) is 0 Å². The molecule has 0 aromatic heterocycles. The number of fused-ring (bicyclic) bond motifs is 2. The van der Waals surface area contributed by atoms with Gasteiger partial charge in [0.25, 0.3) is 0 Å². The van der Waals surface area contributed by atoms with Crippen LogP contribution in [-0.4, -0.2) is 35.8 Å². The molecule has 1 aromatic carbocycles. The molecule has 2 heterocycles. The van der Waals surface area contributed by atoms with E-state index < -0.39 is 6.09 Å². The number of hydrogen-bond donors (Lipinski definition) is 2. The van der Waals surface area contributed by atoms with Gasteiger partial charge in [-0.3, -0.25) is 0 Å². The zero-order valence-electron chi connectivity index (χ0n) is 13.4. The van der Waals surface area contributed by atoms with Gasteiger partial charge in [0.2, 0.25) is 0 Å². The van der Waals surface area contributed by atoms with Crippen molar-refractivity contribution in [2.24, 2.45) is 5.73 Å². The molecular formula is C17H26N3O2+. The average Bonchev–Trinajstić information content (AvgIpc) is 2.62. The minimum Gasteiger partial charge on any atom is -0.446 e. The van der Waals surface area contributed by atoms with Crippen molar-refractivity contribution in [1.29, 1.82) is 0 Å². The minimum absolute atomic E-state index is 0.0181. The fraction of sp³-hybridized carbons (Fsp3) is 0.588. The zero-order valence-corrected chi connectivity index (χ0v) is 13.4. The van der Waals surface area contributed by atoms with Crippen molar-refractivity contribution in [3.05, 3.63) is 29.3 Å². The summed E-state index contributed by atoms with van der Waals surface area (Å²) in [5.74, 6) is 0. The van der Waals surface area contributed by atoms with Crippen molar-refractivity contribution in [3.8, 4) is 0 Å². The maximum atomic E-state index is 11.0. The summed E-state index contributed by atoms with van der Waals surface area (Å²) >= 11 is 0. The molecule has 3 rings (SSSR count). The van der Waals surface area contributed by atoms with Crippen LogP contribution in [0.3, 0.4) is 0 Å². The molecule has 2 saturated heterocycles. The first kappa shape index (κ1) is 15.2. The van der Waals surface area contributed by atoms with E-state index >= 15 is 0 Å². The third-order valence-corrected chi connectivity index (χ3v) is 5.80. The van der Waals surface area contributed by atoms with Gasteiger partial charge in [-0.1, -0.05) is 12.1 Å². The van der Waals surface area contributed by atoms with Gasteiger partial charge in [-0.15, -0.1) is 0 Å². The van der Waals surface area contributed by atoms with E-state index in [0.29, 0.717) is 12.1 Å². The van der Waals surface area contributed by atoms with Crippen molar-refractivity contribution in [1.82, 2.24) is 0 Å². The number of piperidine rings is 1. The Morgan fingerprint density at radius 2 is 1.95 bits per heavy atom. The molecule has 5 heteroatoms. The summed E-state index contributed by atoms with van der Waals surface area (Å²) in [5.41, 5.74) is 14.8. The number of quaternary nitrogens is 1. The van der Waals surface area contributed by atoms with Crippen molar-refractivity contribution in [3.63, 3.8) is 0 Å². The molecule has 4 N–H and O–H groups in total. The minimum atomic E-state index is -0.649. The molecule has 0 aliphatic carbocycles. The summed E-state index contributed by atoms with van der Waals surface area (Å²) in [7, 11) is 2.33. The third-order valence-electron chi connectivity index (χ3n) is 5.80. The second-order valence-corrected chi connectivity index (χ2v) is 7.06. The summed E-state index contributed by atoms with van der Waals surface area (Å²) < 4.78 is 6.27. The van der Waals surface area contributed by atoms with E-state index in [2.05, 4.69) is 20.0 Å². The Balaban J connectivity index is 1.81. The highest BCUT2D eigenvalue weighted by Crippen LogP contribution is 2.44. The lowest BCUT2D eigenvalue weighted by atomic mass is 9.94. The van der Waals surface area contributed by atoms with Crippen LogP contribution in [-0.2, 0) is 11.3 Å². The normalized spacial score (nSPS) is 33.6. The molecule has 1 amide bonds. The number of hydrogen-bond acceptors (Lipinski definition) is 3. The second-order valence-electron chi connectivity index (χ2n) is 7.06. The summed E-state index contributed by atoms with van der Waals surface area (Å²) in [5, 5.41) is 0. The molecule has 1 aromatic rings. The van der Waals surface area contributed by atoms with E-state index in [4.69, 9.17) is 16.2 Å². The predicted molar refractivity (Wildman–Crippen MR) is 86.0 cm³/mol. The Kier molecular flexibility index (Phi) is 3.77. The number of ether oxygens (including phenoxy) is 1. The Morgan fingerprint density at radius 1 is 1.32 bits per heavy atom. The fourth-order valence-corrected chi connectivity index (χ4v) is 4.49. The largest absolute Gasteiger partial charge is 0.446 e. The van der Waals surface area contributed by atoms with Crippen LogP contribution in [0.5, 0.6) is 0 Å². The number of nitrogen functional groups attached to an aromatic ring is 1. The fourth-order valence-electron chi connectivity index (χ4n) is 4.49. The van der Waals surface area contributed by atoms with Crippen LogP contribution >= 0.6 is 0 Å². The van der Waals surface area contributed by atoms with E-state index in [0.717, 1.165) is 29.6 Å². The number of anilines is 1. The smallest absolute Gasteiger partial charge is 0.404 e. The lowest BCUT2D eigenvalue weighted by Crippen LogP contribution is -2.58. The Labute approximate surface area is 131 Å². The number of nitrogens with zero attached hydrogens (tertiary/aromatic N) is 1. The van der Waals surface area contributed by atoms with Crippen LogP contribution in [0.15, 0.2) is 18.2 Å². The number of carbonyl (C=O) groups is 1. The van der Waals surface area contributed by atoms with Gasteiger partial charge < -0.3 is 20.7 Å². The van der Waals surface area contributed by atoms with E-state index in [-0.39, 0.29) is 6.10 Å². The average molecular weight is 304 g/mol. The quantitative estimate of drug-likeness (QED) is 0.664. The van der Waals surface area contributed by atoms with Gasteiger partial charge in [0.05, 0.1) is 19.1 Å². The molecule has 0 saturated carbocycles. The molecule has 120 valence electrons. The molecule has 2 aliphatic heterocycles. The topological polar surface area (TPSA) is 78.3 Å². The molecule has 5 nitrogen and oxygen atoms in total. The van der Waals surface area contributed by atoms with Crippen LogP contribution in [0, 0.1) is 6.92 Å². The third kappa shape index (κ3) is 2.54. The summed E-state index contributed by atoms with van der Waals surface area (Å²) in [6, 6.07) is 7.15. The molecule has 2 unspecified atom stereocenters. The van der Waals surface area contributed by atoms with Crippen molar-refractivity contribution >= 4 is 11.8 Å². The van der Waals surface area contributed by atoms with Crippen molar-refractivity contribution < 1.29 is 14.0 Å². The highest BCUT2D eigenvalue weighted by atomic mass is 16.6. The highest BCUT2D eigenvalue weighted by molar-refractivity contribution is 5.64. The Morgan fingerprint density at radius 3 is 2.50 bits per heavy atom. The number of rotatable bonds is 3. The molecule has 22 heavy (non-hydrogen) atoms. The number of carbonyl (C=O) groups excluding carboxylic acids is 1. The number of aryl methyl sites for hydroxylation is 1. The summed E-state index contributed by atoms with van der Waals surface area (Å²) in [6.45, 7) is 3.08. The first-order chi connectivity index (χ1) is 10.4. The molecule has 0 spiro atoms. The van der Waals surface area contributed by atoms with Gasteiger partial charge in [0, 0.05) is 36.9 Å². The van der Waals surface area contributed by atoms with Gasteiger partial charge in [0.1, 0.15) is 12.6 Å². The van der Waals surface area contributed by atoms with Crippen LogP contribution < -0.4 is 11.5 Å². The maximum absolute atomic E-state index is 11.0. The van der Waals surface area contributed by atoms with Gasteiger partial charge in [-0.25, -0.2) is 4.79 Å². The maximum Gasteiger partial charge on any atom is 0.404 e. The molecule has 2 fully saturated rings. The standard InChI is InChI=1S/C17H25N3O2/c1-11-4-3-5-16(18)15(11)10-20(2)12-6-7-13(20)9-14(8-12)22-17(19)21/h3-5,12-14H,6-10,18H2,1-2H3,(H-,19,21)/p+1. The Hall–Kier alpha value is -1.75. The van der Waals surface area contributed by atoms with Crippen molar-refractivity contribution in [2.45, 2.75) is 57.3 Å². The lowest BCUT2D eigenvalue weighted by Gasteiger charge is -2.47. The molecule has 2 atom stereocenters. The zero-order chi connectivity index (χ0) is 15.9. The van der Waals surface area contributed by atoms with E-state index in [1.807, 2.05) is 12.1 Å². The van der Waals surface area contributed by atoms with Gasteiger partial charge in [-0.05, 0) is 18.6 Å². The van der Waals surface area contributed by atoms with E-state index in [9.17, 15) is 4.79 Å². The molecular weight excluding hydrogens is 278 g/mol. The van der Waals surface area contributed by atoms with Crippen LogP contribution in [0.4, 0.5) is 10.5 Å². The SMILES string of the molecule is Cc1cccc(N)c1C[N+]1(C)C2CCC1CC(OC(N)=O)C2. The first-order valence-corrected chi connectivity index (χ1v) is 8.05. The lowest BCUT2D eigenvalue weighted by molar-refractivity contribution is -0.961. The van der Waals surface area contributed by atoms with E-state index in [1.54, 1.807) is 0 Å². The van der Waals surface area contributed by atoms with Crippen LogP contribution in [0.2, 0.25) is 0 Å². The Bertz CT molecular complexity index is 553. The summed E-state index contributed by atoms with van der Waals surface area (Å²) in [4.78, 5) is 11.0. The van der Waals surface area contributed by atoms with Crippen molar-refractivity contribution in [2.75, 3.05) is 12.8 Å². The first-order valence-electron chi connectivity index (χ1n) is 8.05. The monoisotopic (exact) mass is 304 g/mol. The predicted octanol–water partition coefficient (Wildman–Crippen LogP) is 2.31. The summed E-state index contributed by atoms with van der Waals surface area (Å²) in [6.07, 6.45) is 3.51. The van der Waals surface area contributed by atoms with Gasteiger partial charge in [-0.2, -0.15) is 0 Å². The number of benzene rings is 1. The van der Waals surface area contributed by atoms with E-state index in [1.165, 1.54) is 24.0 Å². The number of nitrogens with two attached hydrogens (primary N) is 2. The molecule has 2 aliphatic rings. The molecule has 0 radical (unpaired) electrons. The van der Waals surface area contributed by atoms with Gasteiger partial charge >= 0.3 is 6.09 Å². The van der Waals surface area contributed by atoms with Gasteiger partial charge in [0.15, 0.2) is 0 Å².